The van der Waals surface area contributed by atoms with Gasteiger partial charge in [0, 0.05) is 5.69 Å². The molecule has 1 aromatic carbocycles. The Morgan fingerprint density at radius 2 is 1.89 bits per heavy atom. The molecule has 2 amide bonds. The number of anilines is 1. The number of aliphatic hydroxyl groups is 1. The maximum Gasteiger partial charge on any atom is 0.322 e. The predicted octanol–water partition coefficient (Wildman–Crippen LogP) is 2.23. The van der Waals surface area contributed by atoms with E-state index in [9.17, 15) is 9.90 Å². The number of amides is 2. The number of benzene rings is 1. The van der Waals surface area contributed by atoms with E-state index >= 15 is 0 Å². The topological polar surface area (TPSA) is 52.6 Å². The Balaban J connectivity index is 1.89. The number of rotatable bonds is 2. The third-order valence-corrected chi connectivity index (χ3v) is 3.59. The van der Waals surface area contributed by atoms with Gasteiger partial charge in [0.2, 0.25) is 0 Å². The van der Waals surface area contributed by atoms with Gasteiger partial charge in [-0.05, 0) is 25.0 Å². The molecule has 1 aliphatic heterocycles. The SMILES string of the molecule is Cc1ccc(NC(=O)N2CC(O)(C(C)C)C2)cc1. The van der Waals surface area contributed by atoms with Crippen LogP contribution in [0.4, 0.5) is 10.5 Å². The molecule has 0 aromatic heterocycles. The molecule has 1 aromatic rings. The summed E-state index contributed by atoms with van der Waals surface area (Å²) in [4.78, 5) is 13.5. The average molecular weight is 248 g/mol. The van der Waals surface area contributed by atoms with Crippen LogP contribution in [0.2, 0.25) is 0 Å². The monoisotopic (exact) mass is 248 g/mol. The molecule has 2 N–H and O–H groups in total. The molecule has 0 spiro atoms. The van der Waals surface area contributed by atoms with Crippen LogP contribution in [0.5, 0.6) is 0 Å². The lowest BCUT2D eigenvalue weighted by molar-refractivity contribution is -0.105. The molecule has 0 aliphatic carbocycles. The van der Waals surface area contributed by atoms with Crippen LogP contribution in [0, 0.1) is 12.8 Å². The van der Waals surface area contributed by atoms with E-state index in [1.807, 2.05) is 45.0 Å². The normalized spacial score (nSPS) is 17.5. The lowest BCUT2D eigenvalue weighted by Gasteiger charge is -2.48. The van der Waals surface area contributed by atoms with Gasteiger partial charge in [0.05, 0.1) is 13.1 Å². The van der Waals surface area contributed by atoms with Crippen LogP contribution in [0.15, 0.2) is 24.3 Å². The second-order valence-electron chi connectivity index (χ2n) is 5.41. The van der Waals surface area contributed by atoms with E-state index in [1.165, 1.54) is 0 Å². The summed E-state index contributed by atoms with van der Waals surface area (Å²) in [5, 5.41) is 12.9. The molecule has 0 unspecified atom stereocenters. The van der Waals surface area contributed by atoms with Crippen molar-refractivity contribution in [2.24, 2.45) is 5.92 Å². The number of hydrogen-bond acceptors (Lipinski definition) is 2. The van der Waals surface area contributed by atoms with Crippen LogP contribution < -0.4 is 5.32 Å². The number of nitrogens with one attached hydrogen (secondary N) is 1. The first-order valence-corrected chi connectivity index (χ1v) is 6.26. The maximum atomic E-state index is 11.9. The van der Waals surface area contributed by atoms with Crippen molar-refractivity contribution in [2.45, 2.75) is 26.4 Å². The largest absolute Gasteiger partial charge is 0.386 e. The third kappa shape index (κ3) is 2.48. The number of carbonyl (C=O) groups excluding carboxylic acids is 1. The number of hydrogen-bond donors (Lipinski definition) is 2. The van der Waals surface area contributed by atoms with Gasteiger partial charge in [-0.1, -0.05) is 31.5 Å². The first kappa shape index (κ1) is 12.9. The summed E-state index contributed by atoms with van der Waals surface area (Å²) < 4.78 is 0. The van der Waals surface area contributed by atoms with E-state index in [-0.39, 0.29) is 11.9 Å². The van der Waals surface area contributed by atoms with Gasteiger partial charge >= 0.3 is 6.03 Å². The van der Waals surface area contributed by atoms with Crippen molar-refractivity contribution in [3.05, 3.63) is 29.8 Å². The average Bonchev–Trinajstić information content (AvgIpc) is 2.27. The fourth-order valence-electron chi connectivity index (χ4n) is 1.96. The highest BCUT2D eigenvalue weighted by atomic mass is 16.3. The van der Waals surface area contributed by atoms with Crippen LogP contribution in [-0.4, -0.2) is 34.7 Å². The minimum atomic E-state index is -0.718. The second-order valence-corrected chi connectivity index (χ2v) is 5.41. The summed E-state index contributed by atoms with van der Waals surface area (Å²) in [5.74, 6) is 0.168. The Hall–Kier alpha value is -1.55. The predicted molar refractivity (Wildman–Crippen MR) is 71.6 cm³/mol. The number of aryl methyl sites for hydroxylation is 1. The second kappa shape index (κ2) is 4.61. The zero-order valence-electron chi connectivity index (χ0n) is 11.1. The molecule has 1 aliphatic rings. The van der Waals surface area contributed by atoms with Gasteiger partial charge in [0.15, 0.2) is 0 Å². The quantitative estimate of drug-likeness (QED) is 0.843. The molecular formula is C14H20N2O2. The van der Waals surface area contributed by atoms with E-state index in [0.29, 0.717) is 13.1 Å². The highest BCUT2D eigenvalue weighted by molar-refractivity contribution is 5.90. The van der Waals surface area contributed by atoms with E-state index < -0.39 is 5.60 Å². The number of β-amino-alcohol motifs (C(OH)–C–C–N with tert-alkyl or cyclic N) is 1. The van der Waals surface area contributed by atoms with E-state index in [1.54, 1.807) is 4.90 Å². The number of likely N-dealkylation sites (tertiary alicyclic amines) is 1. The van der Waals surface area contributed by atoms with Crippen LogP contribution in [0.3, 0.4) is 0 Å². The van der Waals surface area contributed by atoms with Gasteiger partial charge in [-0.2, -0.15) is 0 Å². The first-order chi connectivity index (χ1) is 8.40. The first-order valence-electron chi connectivity index (χ1n) is 6.26. The zero-order valence-corrected chi connectivity index (χ0v) is 11.1. The van der Waals surface area contributed by atoms with Gasteiger partial charge in [-0.3, -0.25) is 0 Å². The lowest BCUT2D eigenvalue weighted by atomic mass is 9.83. The van der Waals surface area contributed by atoms with Gasteiger partial charge in [-0.25, -0.2) is 4.79 Å². The van der Waals surface area contributed by atoms with Gasteiger partial charge in [-0.15, -0.1) is 0 Å². The molecule has 1 heterocycles. The number of carbonyl (C=O) groups is 1. The molecule has 0 bridgehead atoms. The highest BCUT2D eigenvalue weighted by Crippen LogP contribution is 2.28. The van der Waals surface area contributed by atoms with Crippen LogP contribution in [0.1, 0.15) is 19.4 Å². The van der Waals surface area contributed by atoms with Crippen molar-refractivity contribution >= 4 is 11.7 Å². The number of urea groups is 1. The smallest absolute Gasteiger partial charge is 0.322 e. The van der Waals surface area contributed by atoms with Crippen molar-refractivity contribution in [3.8, 4) is 0 Å². The standard InChI is InChI=1S/C14H20N2O2/c1-10(2)14(18)8-16(9-14)13(17)15-12-6-4-11(3)5-7-12/h4-7,10,18H,8-9H2,1-3H3,(H,15,17). The number of nitrogens with zero attached hydrogens (tertiary/aromatic N) is 1. The molecule has 98 valence electrons. The van der Waals surface area contributed by atoms with E-state index in [2.05, 4.69) is 5.32 Å². The van der Waals surface area contributed by atoms with Crippen molar-refractivity contribution in [3.63, 3.8) is 0 Å². The van der Waals surface area contributed by atoms with E-state index in [0.717, 1.165) is 11.3 Å². The maximum absolute atomic E-state index is 11.9. The summed E-state index contributed by atoms with van der Waals surface area (Å²) in [5.41, 5.74) is 1.22. The summed E-state index contributed by atoms with van der Waals surface area (Å²) in [7, 11) is 0. The Morgan fingerprint density at radius 1 is 1.33 bits per heavy atom. The molecule has 18 heavy (non-hydrogen) atoms. The van der Waals surface area contributed by atoms with Crippen molar-refractivity contribution in [1.82, 2.24) is 4.90 Å². The molecule has 0 radical (unpaired) electrons. The Labute approximate surface area is 108 Å². The summed E-state index contributed by atoms with van der Waals surface area (Å²) in [6.07, 6.45) is 0. The van der Waals surface area contributed by atoms with E-state index in [4.69, 9.17) is 0 Å². The molecule has 0 saturated carbocycles. The van der Waals surface area contributed by atoms with Crippen LogP contribution in [0.25, 0.3) is 0 Å². The Kier molecular flexibility index (Phi) is 3.30. The fraction of sp³-hybridized carbons (Fsp3) is 0.500. The minimum Gasteiger partial charge on any atom is -0.386 e. The molecule has 1 saturated heterocycles. The molecule has 4 heteroatoms. The van der Waals surface area contributed by atoms with Gasteiger partial charge < -0.3 is 15.3 Å². The minimum absolute atomic E-state index is 0.149. The van der Waals surface area contributed by atoms with Crippen molar-refractivity contribution < 1.29 is 9.90 Å². The fourth-order valence-corrected chi connectivity index (χ4v) is 1.96. The Morgan fingerprint density at radius 3 is 2.39 bits per heavy atom. The van der Waals surface area contributed by atoms with Crippen LogP contribution in [-0.2, 0) is 0 Å². The summed E-state index contributed by atoms with van der Waals surface area (Å²) >= 11 is 0. The van der Waals surface area contributed by atoms with Crippen LogP contribution >= 0.6 is 0 Å². The summed E-state index contributed by atoms with van der Waals surface area (Å²) in [6, 6.07) is 7.51. The zero-order chi connectivity index (χ0) is 13.3. The summed E-state index contributed by atoms with van der Waals surface area (Å²) in [6.45, 7) is 6.75. The molecule has 4 nitrogen and oxygen atoms in total. The molecule has 2 rings (SSSR count). The van der Waals surface area contributed by atoms with Gasteiger partial charge in [0.1, 0.15) is 5.60 Å². The molecule has 0 atom stereocenters. The third-order valence-electron chi connectivity index (χ3n) is 3.59. The highest BCUT2D eigenvalue weighted by Gasteiger charge is 2.45. The van der Waals surface area contributed by atoms with Gasteiger partial charge in [0.25, 0.3) is 0 Å². The van der Waals surface area contributed by atoms with Crippen molar-refractivity contribution in [2.75, 3.05) is 18.4 Å². The van der Waals surface area contributed by atoms with Crippen molar-refractivity contribution in [1.29, 1.82) is 0 Å². The lowest BCUT2D eigenvalue weighted by Crippen LogP contribution is -2.66. The Bertz CT molecular complexity index is 434. The molecular weight excluding hydrogens is 228 g/mol. The molecule has 1 fully saturated rings.